The van der Waals surface area contributed by atoms with Crippen LogP contribution in [0.1, 0.15) is 30.5 Å². The standard InChI is InChI=1S/C17H23Cl2N3O.ClH/c1-12-17-13(10-14(18)11-15(17)19)2-6-21(12)7-3-16(23)22-8-4-20-5-9-22;/h10-12,20H,2-9H2,1H3;1H. The molecule has 1 amide bonds. The minimum Gasteiger partial charge on any atom is -0.340 e. The number of carbonyl (C=O) groups is 1. The minimum absolute atomic E-state index is 0. The van der Waals surface area contributed by atoms with Crippen molar-refractivity contribution in [1.82, 2.24) is 15.1 Å². The van der Waals surface area contributed by atoms with E-state index in [1.807, 2.05) is 17.0 Å². The Morgan fingerprint density at radius 3 is 2.67 bits per heavy atom. The van der Waals surface area contributed by atoms with Crippen LogP contribution in [0.2, 0.25) is 10.0 Å². The van der Waals surface area contributed by atoms with E-state index in [1.165, 1.54) is 5.56 Å². The first-order valence-corrected chi connectivity index (χ1v) is 9.02. The number of fused-ring (bicyclic) bond motifs is 1. The summed E-state index contributed by atoms with van der Waals surface area (Å²) < 4.78 is 0. The zero-order valence-electron chi connectivity index (χ0n) is 13.9. The van der Waals surface area contributed by atoms with E-state index >= 15 is 0 Å². The molecule has 1 N–H and O–H groups in total. The van der Waals surface area contributed by atoms with Gasteiger partial charge >= 0.3 is 0 Å². The second kappa shape index (κ2) is 8.72. The number of nitrogens with one attached hydrogen (secondary N) is 1. The van der Waals surface area contributed by atoms with Crippen molar-refractivity contribution in [3.63, 3.8) is 0 Å². The Bertz CT molecular complexity index is 591. The van der Waals surface area contributed by atoms with Crippen molar-refractivity contribution in [3.8, 4) is 0 Å². The quantitative estimate of drug-likeness (QED) is 0.858. The summed E-state index contributed by atoms with van der Waals surface area (Å²) in [4.78, 5) is 16.6. The van der Waals surface area contributed by atoms with Crippen molar-refractivity contribution in [1.29, 1.82) is 0 Å². The number of hydrogen-bond acceptors (Lipinski definition) is 3. The van der Waals surface area contributed by atoms with Gasteiger partial charge in [-0.15, -0.1) is 12.4 Å². The molecule has 2 aliphatic rings. The molecule has 1 saturated heterocycles. The van der Waals surface area contributed by atoms with Gasteiger partial charge in [-0.05, 0) is 36.6 Å². The van der Waals surface area contributed by atoms with Gasteiger partial charge < -0.3 is 10.2 Å². The molecule has 24 heavy (non-hydrogen) atoms. The number of carbonyl (C=O) groups excluding carboxylic acids is 1. The Morgan fingerprint density at radius 1 is 1.25 bits per heavy atom. The number of hydrogen-bond donors (Lipinski definition) is 1. The van der Waals surface area contributed by atoms with Crippen LogP contribution in [0, 0.1) is 0 Å². The molecule has 0 radical (unpaired) electrons. The van der Waals surface area contributed by atoms with Crippen LogP contribution in [-0.2, 0) is 11.2 Å². The Balaban J connectivity index is 0.00000208. The second-order valence-electron chi connectivity index (χ2n) is 6.30. The highest BCUT2D eigenvalue weighted by molar-refractivity contribution is 6.35. The number of benzene rings is 1. The molecule has 0 saturated carbocycles. The Labute approximate surface area is 159 Å². The topological polar surface area (TPSA) is 35.6 Å². The van der Waals surface area contributed by atoms with Crippen LogP contribution >= 0.6 is 35.6 Å². The molecule has 1 unspecified atom stereocenters. The average Bonchev–Trinajstić information content (AvgIpc) is 2.54. The third-order valence-corrected chi connectivity index (χ3v) is 5.43. The SMILES string of the molecule is CC1c2c(Cl)cc(Cl)cc2CCN1CCC(=O)N1CCNCC1.Cl. The highest BCUT2D eigenvalue weighted by atomic mass is 35.5. The lowest BCUT2D eigenvalue weighted by molar-refractivity contribution is -0.132. The highest BCUT2D eigenvalue weighted by Crippen LogP contribution is 2.36. The number of nitrogens with zero attached hydrogens (tertiary/aromatic N) is 2. The molecular weight excluding hydrogens is 369 g/mol. The van der Waals surface area contributed by atoms with Crippen molar-refractivity contribution >= 4 is 41.5 Å². The van der Waals surface area contributed by atoms with Gasteiger partial charge in [0.1, 0.15) is 0 Å². The Kier molecular flexibility index (Phi) is 7.20. The maximum Gasteiger partial charge on any atom is 0.223 e. The van der Waals surface area contributed by atoms with Crippen LogP contribution in [0.15, 0.2) is 12.1 Å². The van der Waals surface area contributed by atoms with Crippen molar-refractivity contribution in [2.75, 3.05) is 39.3 Å². The van der Waals surface area contributed by atoms with Gasteiger partial charge in [-0.2, -0.15) is 0 Å². The zero-order chi connectivity index (χ0) is 16.4. The van der Waals surface area contributed by atoms with Gasteiger partial charge in [-0.1, -0.05) is 23.2 Å². The zero-order valence-corrected chi connectivity index (χ0v) is 16.2. The molecule has 4 nitrogen and oxygen atoms in total. The minimum atomic E-state index is 0. The molecule has 1 aromatic carbocycles. The van der Waals surface area contributed by atoms with Crippen molar-refractivity contribution < 1.29 is 4.79 Å². The van der Waals surface area contributed by atoms with E-state index in [1.54, 1.807) is 0 Å². The highest BCUT2D eigenvalue weighted by Gasteiger charge is 2.27. The van der Waals surface area contributed by atoms with Gasteiger partial charge in [0.15, 0.2) is 0 Å². The van der Waals surface area contributed by atoms with Gasteiger partial charge in [0, 0.05) is 61.8 Å². The fourth-order valence-corrected chi connectivity index (χ4v) is 4.26. The molecule has 0 spiro atoms. The van der Waals surface area contributed by atoms with E-state index in [0.717, 1.165) is 56.3 Å². The van der Waals surface area contributed by atoms with Gasteiger partial charge in [0.05, 0.1) is 0 Å². The largest absolute Gasteiger partial charge is 0.340 e. The predicted molar refractivity (Wildman–Crippen MR) is 101 cm³/mol. The normalized spacial score (nSPS) is 21.1. The molecule has 0 bridgehead atoms. The van der Waals surface area contributed by atoms with Gasteiger partial charge in [0.25, 0.3) is 0 Å². The first kappa shape index (κ1) is 19.8. The van der Waals surface area contributed by atoms with Crippen LogP contribution in [0.3, 0.4) is 0 Å². The number of halogens is 3. The smallest absolute Gasteiger partial charge is 0.223 e. The summed E-state index contributed by atoms with van der Waals surface area (Å²) in [5.74, 6) is 0.256. The third kappa shape index (κ3) is 4.36. The van der Waals surface area contributed by atoms with E-state index < -0.39 is 0 Å². The molecular formula is C17H24Cl3N3O. The average molecular weight is 393 g/mol. The summed E-state index contributed by atoms with van der Waals surface area (Å²) in [5.41, 5.74) is 2.40. The third-order valence-electron chi connectivity index (χ3n) is 4.90. The Morgan fingerprint density at radius 2 is 1.96 bits per heavy atom. The lowest BCUT2D eigenvalue weighted by atomic mass is 9.93. The molecule has 1 atom stereocenters. The van der Waals surface area contributed by atoms with E-state index in [4.69, 9.17) is 23.2 Å². The molecule has 1 fully saturated rings. The lowest BCUT2D eigenvalue weighted by Gasteiger charge is -2.36. The van der Waals surface area contributed by atoms with Gasteiger partial charge in [-0.25, -0.2) is 0 Å². The number of piperazine rings is 1. The lowest BCUT2D eigenvalue weighted by Crippen LogP contribution is -2.47. The first-order chi connectivity index (χ1) is 11.1. The fourth-order valence-electron chi connectivity index (χ4n) is 3.57. The maximum atomic E-state index is 12.3. The molecule has 2 aliphatic heterocycles. The predicted octanol–water partition coefficient (Wildman–Crippen LogP) is 3.16. The van der Waals surface area contributed by atoms with Crippen LogP contribution in [-0.4, -0.2) is 55.0 Å². The van der Waals surface area contributed by atoms with Crippen molar-refractivity contribution in [2.24, 2.45) is 0 Å². The van der Waals surface area contributed by atoms with Crippen molar-refractivity contribution in [3.05, 3.63) is 33.3 Å². The van der Waals surface area contributed by atoms with Crippen LogP contribution in [0.4, 0.5) is 0 Å². The van der Waals surface area contributed by atoms with Crippen LogP contribution in [0.25, 0.3) is 0 Å². The number of amides is 1. The van der Waals surface area contributed by atoms with E-state index in [-0.39, 0.29) is 24.4 Å². The molecule has 0 aromatic heterocycles. The second-order valence-corrected chi connectivity index (χ2v) is 7.15. The van der Waals surface area contributed by atoms with Gasteiger partial charge in [0.2, 0.25) is 5.91 Å². The first-order valence-electron chi connectivity index (χ1n) is 8.26. The number of rotatable bonds is 3. The molecule has 1 aromatic rings. The summed E-state index contributed by atoms with van der Waals surface area (Å²) in [6, 6.07) is 4.05. The monoisotopic (exact) mass is 391 g/mol. The van der Waals surface area contributed by atoms with Gasteiger partial charge in [-0.3, -0.25) is 9.69 Å². The summed E-state index contributed by atoms with van der Waals surface area (Å²) in [7, 11) is 0. The molecule has 0 aliphatic carbocycles. The van der Waals surface area contributed by atoms with E-state index in [0.29, 0.717) is 11.4 Å². The molecule has 2 heterocycles. The molecule has 7 heteroatoms. The van der Waals surface area contributed by atoms with Crippen LogP contribution < -0.4 is 5.32 Å². The van der Waals surface area contributed by atoms with E-state index in [2.05, 4.69) is 17.1 Å². The summed E-state index contributed by atoms with van der Waals surface area (Å²) >= 11 is 12.5. The maximum absolute atomic E-state index is 12.3. The van der Waals surface area contributed by atoms with Crippen LogP contribution in [0.5, 0.6) is 0 Å². The molecule has 3 rings (SSSR count). The van der Waals surface area contributed by atoms with E-state index in [9.17, 15) is 4.79 Å². The van der Waals surface area contributed by atoms with Crippen molar-refractivity contribution in [2.45, 2.75) is 25.8 Å². The Hall–Kier alpha value is -0.520. The fraction of sp³-hybridized carbons (Fsp3) is 0.588. The summed E-state index contributed by atoms with van der Waals surface area (Å²) in [6.07, 6.45) is 1.51. The molecule has 134 valence electrons. The summed E-state index contributed by atoms with van der Waals surface area (Å²) in [6.45, 7) is 7.32. The summed E-state index contributed by atoms with van der Waals surface area (Å²) in [5, 5.41) is 4.71.